The number of nitrogens with zero attached hydrogens (tertiary/aromatic N) is 1. The van der Waals surface area contributed by atoms with Crippen molar-refractivity contribution in [2.75, 3.05) is 13.1 Å². The summed E-state index contributed by atoms with van der Waals surface area (Å²) in [5.41, 5.74) is 7.08. The molecule has 1 radical (unpaired) electrons. The number of nitrogens with two attached hydrogens (primary N) is 1. The third-order valence-corrected chi connectivity index (χ3v) is 4.92. The molecule has 2 amide bonds. The second-order valence-corrected chi connectivity index (χ2v) is 6.90. The van der Waals surface area contributed by atoms with Crippen LogP contribution < -0.4 is 5.73 Å². The van der Waals surface area contributed by atoms with E-state index in [9.17, 15) is 14.0 Å². The molecule has 1 fully saturated rings. The van der Waals surface area contributed by atoms with E-state index in [-0.39, 0.29) is 24.0 Å². The summed E-state index contributed by atoms with van der Waals surface area (Å²) < 4.78 is 19.2. The number of benzene rings is 2. The van der Waals surface area contributed by atoms with Gasteiger partial charge in [0.25, 0.3) is 0 Å². The van der Waals surface area contributed by atoms with E-state index >= 15 is 0 Å². The van der Waals surface area contributed by atoms with E-state index in [4.69, 9.17) is 10.5 Å². The molecule has 0 atom stereocenters. The third-order valence-electron chi connectivity index (χ3n) is 4.92. The Morgan fingerprint density at radius 2 is 1.86 bits per heavy atom. The monoisotopic (exact) mass is 383 g/mol. The zero-order chi connectivity index (χ0) is 19.9. The highest BCUT2D eigenvalue weighted by Gasteiger charge is 2.23. The van der Waals surface area contributed by atoms with Crippen molar-refractivity contribution in [1.82, 2.24) is 4.90 Å². The fourth-order valence-electron chi connectivity index (χ4n) is 3.31. The Morgan fingerprint density at radius 1 is 1.14 bits per heavy atom. The number of hydrogen-bond donors (Lipinski definition) is 1. The molecule has 0 aliphatic carbocycles. The molecule has 0 unspecified atom stereocenters. The minimum atomic E-state index is -0.702. The van der Waals surface area contributed by atoms with Gasteiger partial charge in [-0.2, -0.15) is 0 Å². The molecule has 2 aromatic carbocycles. The van der Waals surface area contributed by atoms with Crippen LogP contribution in [0, 0.1) is 12.2 Å². The van der Waals surface area contributed by atoms with E-state index in [2.05, 4.69) is 0 Å². The second kappa shape index (κ2) is 9.46. The number of amides is 2. The van der Waals surface area contributed by atoms with Crippen LogP contribution in [0.25, 0.3) is 0 Å². The summed E-state index contributed by atoms with van der Waals surface area (Å²) in [6.45, 7) is 1.83. The first-order valence-corrected chi connectivity index (χ1v) is 9.39. The van der Waals surface area contributed by atoms with Crippen LogP contribution in [0.2, 0.25) is 0 Å². The molecule has 0 aromatic heterocycles. The quantitative estimate of drug-likeness (QED) is 0.799. The van der Waals surface area contributed by atoms with Crippen molar-refractivity contribution < 1.29 is 18.7 Å². The molecule has 1 aliphatic rings. The molecule has 3 rings (SSSR count). The summed E-state index contributed by atoms with van der Waals surface area (Å²) in [6.07, 6.45) is 3.47. The van der Waals surface area contributed by atoms with Crippen molar-refractivity contribution in [3.05, 3.63) is 77.5 Å². The Labute approximate surface area is 164 Å². The lowest BCUT2D eigenvalue weighted by Gasteiger charge is -2.32. The summed E-state index contributed by atoms with van der Waals surface area (Å²) >= 11 is 0. The van der Waals surface area contributed by atoms with E-state index in [0.717, 1.165) is 24.5 Å². The third kappa shape index (κ3) is 5.39. The standard InChI is InChI=1S/C22H24FN2O3/c23-18-8-6-17(20(14-18)22(24)27)7-9-21(26)25-12-10-19(11-13-25)28-15-16-4-2-1-3-5-16/h1-6,8-9,14,19H,7,10-13,15H2,(H2,24,27). The molecule has 2 N–H and O–H groups in total. The van der Waals surface area contributed by atoms with Gasteiger partial charge in [0.1, 0.15) is 5.82 Å². The SMILES string of the molecule is NC(=O)c1cc(F)ccc1C[CH]C(=O)N1CCC(OCc2ccccc2)CC1. The maximum absolute atomic E-state index is 13.3. The molecule has 2 aromatic rings. The molecule has 1 saturated heterocycles. The van der Waals surface area contributed by atoms with Gasteiger partial charge in [0.2, 0.25) is 11.8 Å². The molecular weight excluding hydrogens is 359 g/mol. The summed E-state index contributed by atoms with van der Waals surface area (Å²) in [6, 6.07) is 13.9. The molecule has 6 heteroatoms. The highest BCUT2D eigenvalue weighted by molar-refractivity contribution is 5.95. The predicted octanol–water partition coefficient (Wildman–Crippen LogP) is 2.88. The maximum Gasteiger partial charge on any atom is 0.249 e. The smallest absolute Gasteiger partial charge is 0.249 e. The first kappa shape index (κ1) is 20.0. The van der Waals surface area contributed by atoms with Crippen molar-refractivity contribution in [3.63, 3.8) is 0 Å². The number of ether oxygens (including phenoxy) is 1. The molecule has 1 heterocycles. The van der Waals surface area contributed by atoms with Gasteiger partial charge in [0.15, 0.2) is 0 Å². The Bertz CT molecular complexity index is 818. The molecular formula is C22H24FN2O3. The van der Waals surface area contributed by atoms with E-state index in [1.807, 2.05) is 30.3 Å². The van der Waals surface area contributed by atoms with Crippen LogP contribution in [-0.2, 0) is 22.6 Å². The Morgan fingerprint density at radius 3 is 2.54 bits per heavy atom. The zero-order valence-electron chi connectivity index (χ0n) is 15.6. The highest BCUT2D eigenvalue weighted by Crippen LogP contribution is 2.18. The fraction of sp³-hybridized carbons (Fsp3) is 0.318. The topological polar surface area (TPSA) is 72.6 Å². The molecule has 147 valence electrons. The molecule has 0 saturated carbocycles. The van der Waals surface area contributed by atoms with Crippen molar-refractivity contribution in [3.8, 4) is 0 Å². The van der Waals surface area contributed by atoms with Crippen LogP contribution in [0.15, 0.2) is 48.5 Å². The van der Waals surface area contributed by atoms with Crippen LogP contribution in [0.4, 0.5) is 4.39 Å². The van der Waals surface area contributed by atoms with Crippen molar-refractivity contribution >= 4 is 11.8 Å². The van der Waals surface area contributed by atoms with Crippen LogP contribution in [0.3, 0.4) is 0 Å². The van der Waals surface area contributed by atoms with Gasteiger partial charge < -0.3 is 15.4 Å². The van der Waals surface area contributed by atoms with Crippen molar-refractivity contribution in [2.45, 2.75) is 32.0 Å². The lowest BCUT2D eigenvalue weighted by Crippen LogP contribution is -2.41. The number of piperidine rings is 1. The molecule has 28 heavy (non-hydrogen) atoms. The number of carbonyl (C=O) groups is 2. The van der Waals surface area contributed by atoms with Gasteiger partial charge in [-0.05, 0) is 42.5 Å². The predicted molar refractivity (Wildman–Crippen MR) is 104 cm³/mol. The lowest BCUT2D eigenvalue weighted by atomic mass is 10.0. The minimum Gasteiger partial charge on any atom is -0.373 e. The van der Waals surface area contributed by atoms with E-state index < -0.39 is 11.7 Å². The zero-order valence-corrected chi connectivity index (χ0v) is 15.6. The molecule has 0 spiro atoms. The van der Waals surface area contributed by atoms with Crippen molar-refractivity contribution in [2.24, 2.45) is 5.73 Å². The highest BCUT2D eigenvalue weighted by atomic mass is 19.1. The lowest BCUT2D eigenvalue weighted by molar-refractivity contribution is -0.130. The van der Waals surface area contributed by atoms with Gasteiger partial charge >= 0.3 is 0 Å². The molecule has 1 aliphatic heterocycles. The first-order chi connectivity index (χ1) is 13.5. The van der Waals surface area contributed by atoms with Crippen LogP contribution >= 0.6 is 0 Å². The number of primary amides is 1. The second-order valence-electron chi connectivity index (χ2n) is 6.90. The van der Waals surface area contributed by atoms with Gasteiger partial charge in [-0.15, -0.1) is 0 Å². The maximum atomic E-state index is 13.3. The number of likely N-dealkylation sites (tertiary alicyclic amines) is 1. The summed E-state index contributed by atoms with van der Waals surface area (Å²) in [4.78, 5) is 25.7. The van der Waals surface area contributed by atoms with Gasteiger partial charge in [-0.25, -0.2) is 4.39 Å². The van der Waals surface area contributed by atoms with Gasteiger partial charge in [-0.1, -0.05) is 36.4 Å². The summed E-state index contributed by atoms with van der Waals surface area (Å²) in [5, 5.41) is 0. The summed E-state index contributed by atoms with van der Waals surface area (Å²) in [7, 11) is 0. The number of rotatable bonds is 7. The van der Waals surface area contributed by atoms with E-state index in [0.29, 0.717) is 25.3 Å². The van der Waals surface area contributed by atoms with E-state index in [1.54, 1.807) is 4.90 Å². The average Bonchev–Trinajstić information content (AvgIpc) is 2.72. The van der Waals surface area contributed by atoms with Crippen LogP contribution in [0.5, 0.6) is 0 Å². The Hall–Kier alpha value is -2.73. The van der Waals surface area contributed by atoms with Gasteiger partial charge in [-0.3, -0.25) is 9.59 Å². The number of carbonyl (C=O) groups excluding carboxylic acids is 2. The minimum absolute atomic E-state index is 0.0961. The Kier molecular flexibility index (Phi) is 6.76. The Balaban J connectivity index is 1.45. The fourth-order valence-corrected chi connectivity index (χ4v) is 3.31. The average molecular weight is 383 g/mol. The first-order valence-electron chi connectivity index (χ1n) is 9.39. The van der Waals surface area contributed by atoms with Crippen LogP contribution in [-0.4, -0.2) is 35.9 Å². The molecule has 5 nitrogen and oxygen atoms in total. The molecule has 0 bridgehead atoms. The van der Waals surface area contributed by atoms with Gasteiger partial charge in [0.05, 0.1) is 19.1 Å². The normalized spacial score (nSPS) is 14.8. The van der Waals surface area contributed by atoms with Gasteiger partial charge in [0, 0.05) is 18.7 Å². The van der Waals surface area contributed by atoms with Crippen molar-refractivity contribution in [1.29, 1.82) is 0 Å². The number of hydrogen-bond acceptors (Lipinski definition) is 3. The summed E-state index contributed by atoms with van der Waals surface area (Å²) in [5.74, 6) is -1.32. The van der Waals surface area contributed by atoms with E-state index in [1.165, 1.54) is 18.6 Å². The number of halogens is 1. The van der Waals surface area contributed by atoms with Crippen LogP contribution in [0.1, 0.15) is 34.3 Å². The largest absolute Gasteiger partial charge is 0.373 e.